The van der Waals surface area contributed by atoms with E-state index in [1.54, 1.807) is 19.3 Å². The number of aromatic nitrogens is 2. The van der Waals surface area contributed by atoms with Crippen LogP contribution in [0.5, 0.6) is 5.75 Å². The number of hydrogen-bond donors (Lipinski definition) is 1. The molecule has 1 atom stereocenters. The Balaban J connectivity index is 1.59. The van der Waals surface area contributed by atoms with Gasteiger partial charge in [-0.05, 0) is 50.2 Å². The Morgan fingerprint density at radius 3 is 2.77 bits per heavy atom. The fourth-order valence-electron chi connectivity index (χ4n) is 2.29. The zero-order chi connectivity index (χ0) is 18.5. The molecule has 134 valence electrons. The highest BCUT2D eigenvalue weighted by atomic mass is 32.1. The predicted molar refractivity (Wildman–Crippen MR) is 98.4 cm³/mol. The lowest BCUT2D eigenvalue weighted by molar-refractivity contribution is -0.127. The van der Waals surface area contributed by atoms with E-state index < -0.39 is 6.10 Å². The first kappa shape index (κ1) is 18.0. The van der Waals surface area contributed by atoms with Crippen molar-refractivity contribution < 1.29 is 13.9 Å². The van der Waals surface area contributed by atoms with Gasteiger partial charge < -0.3 is 10.1 Å². The van der Waals surface area contributed by atoms with Crippen LogP contribution in [0.2, 0.25) is 0 Å². The van der Waals surface area contributed by atoms with E-state index >= 15 is 0 Å². The summed E-state index contributed by atoms with van der Waals surface area (Å²) in [6.07, 6.45) is 2.79. The summed E-state index contributed by atoms with van der Waals surface area (Å²) in [4.78, 5) is 21.9. The molecule has 0 spiro atoms. The van der Waals surface area contributed by atoms with Gasteiger partial charge in [-0.15, -0.1) is 11.3 Å². The standard InChI is InChI=1S/C19H18FN3O2S/c1-12-17(26-19(23-12)14-4-3-9-21-10-14)11-22-18(24)13(2)25-16-7-5-15(20)6-8-16/h3-10,13H,11H2,1-2H3,(H,22,24). The van der Waals surface area contributed by atoms with E-state index in [-0.39, 0.29) is 11.7 Å². The van der Waals surface area contributed by atoms with Gasteiger partial charge in [-0.25, -0.2) is 9.37 Å². The number of thiazole rings is 1. The topological polar surface area (TPSA) is 64.1 Å². The molecule has 7 heteroatoms. The number of halogens is 1. The molecule has 1 aromatic carbocycles. The quantitative estimate of drug-likeness (QED) is 0.717. The second-order valence-electron chi connectivity index (χ2n) is 5.70. The van der Waals surface area contributed by atoms with E-state index in [0.29, 0.717) is 12.3 Å². The minimum Gasteiger partial charge on any atom is -0.481 e. The number of pyridine rings is 1. The molecule has 5 nitrogen and oxygen atoms in total. The van der Waals surface area contributed by atoms with Crippen molar-refractivity contribution in [2.45, 2.75) is 26.5 Å². The molecule has 0 aliphatic carbocycles. The van der Waals surface area contributed by atoms with Crippen molar-refractivity contribution in [2.75, 3.05) is 0 Å². The van der Waals surface area contributed by atoms with Crippen LogP contribution < -0.4 is 10.1 Å². The van der Waals surface area contributed by atoms with Crippen LogP contribution in [0.4, 0.5) is 4.39 Å². The molecule has 0 saturated carbocycles. The maximum absolute atomic E-state index is 12.9. The molecular weight excluding hydrogens is 353 g/mol. The molecule has 0 aliphatic rings. The number of carbonyl (C=O) groups is 1. The summed E-state index contributed by atoms with van der Waals surface area (Å²) in [5.74, 6) is -0.147. The second-order valence-corrected chi connectivity index (χ2v) is 6.78. The van der Waals surface area contributed by atoms with Gasteiger partial charge in [-0.2, -0.15) is 0 Å². The number of hydrogen-bond acceptors (Lipinski definition) is 5. The van der Waals surface area contributed by atoms with E-state index in [1.807, 2.05) is 19.1 Å². The molecule has 2 aromatic heterocycles. The first-order valence-electron chi connectivity index (χ1n) is 8.09. The number of benzene rings is 1. The largest absolute Gasteiger partial charge is 0.481 e. The van der Waals surface area contributed by atoms with Gasteiger partial charge in [0, 0.05) is 22.8 Å². The minimum atomic E-state index is -0.688. The fraction of sp³-hybridized carbons (Fsp3) is 0.211. The monoisotopic (exact) mass is 371 g/mol. The van der Waals surface area contributed by atoms with Crippen molar-refractivity contribution in [1.82, 2.24) is 15.3 Å². The van der Waals surface area contributed by atoms with Gasteiger partial charge in [-0.1, -0.05) is 0 Å². The van der Waals surface area contributed by atoms with Crippen molar-refractivity contribution in [2.24, 2.45) is 0 Å². The average molecular weight is 371 g/mol. The van der Waals surface area contributed by atoms with Crippen LogP contribution in [0.15, 0.2) is 48.8 Å². The van der Waals surface area contributed by atoms with Crippen molar-refractivity contribution in [3.8, 4) is 16.3 Å². The summed E-state index contributed by atoms with van der Waals surface area (Å²) in [7, 11) is 0. The van der Waals surface area contributed by atoms with Crippen molar-refractivity contribution >= 4 is 17.2 Å². The maximum Gasteiger partial charge on any atom is 0.261 e. The molecule has 1 unspecified atom stereocenters. The van der Waals surface area contributed by atoms with E-state index in [0.717, 1.165) is 21.1 Å². The first-order chi connectivity index (χ1) is 12.5. The lowest BCUT2D eigenvalue weighted by atomic mass is 10.3. The SMILES string of the molecule is Cc1nc(-c2cccnc2)sc1CNC(=O)C(C)Oc1ccc(F)cc1. The third-order valence-corrected chi connectivity index (χ3v) is 4.93. The average Bonchev–Trinajstić information content (AvgIpc) is 3.03. The molecule has 0 saturated heterocycles. The zero-order valence-electron chi connectivity index (χ0n) is 14.4. The summed E-state index contributed by atoms with van der Waals surface area (Å²) in [5.41, 5.74) is 1.83. The van der Waals surface area contributed by atoms with Crippen molar-refractivity contribution in [3.05, 3.63) is 65.2 Å². The number of nitrogens with zero attached hydrogens (tertiary/aromatic N) is 2. The molecule has 0 fully saturated rings. The van der Waals surface area contributed by atoms with E-state index in [2.05, 4.69) is 15.3 Å². The normalized spacial score (nSPS) is 11.8. The zero-order valence-corrected chi connectivity index (χ0v) is 15.2. The highest BCUT2D eigenvalue weighted by molar-refractivity contribution is 7.15. The summed E-state index contributed by atoms with van der Waals surface area (Å²) in [5, 5.41) is 3.72. The Hall–Kier alpha value is -2.80. The third-order valence-electron chi connectivity index (χ3n) is 3.72. The van der Waals surface area contributed by atoms with Gasteiger partial charge in [-0.3, -0.25) is 9.78 Å². The molecule has 1 amide bonds. The molecule has 3 aromatic rings. The van der Waals surface area contributed by atoms with Crippen molar-refractivity contribution in [1.29, 1.82) is 0 Å². The molecule has 0 aliphatic heterocycles. The molecule has 2 heterocycles. The Morgan fingerprint density at radius 1 is 1.31 bits per heavy atom. The molecule has 1 N–H and O–H groups in total. The fourth-order valence-corrected chi connectivity index (χ4v) is 3.28. The number of amides is 1. The smallest absolute Gasteiger partial charge is 0.261 e. The van der Waals surface area contributed by atoms with Crippen LogP contribution in [-0.2, 0) is 11.3 Å². The molecule has 0 radical (unpaired) electrons. The first-order valence-corrected chi connectivity index (χ1v) is 8.91. The van der Waals surface area contributed by atoms with Crippen LogP contribution in [0.1, 0.15) is 17.5 Å². The van der Waals surface area contributed by atoms with Crippen LogP contribution >= 0.6 is 11.3 Å². The van der Waals surface area contributed by atoms with Crippen LogP contribution in [-0.4, -0.2) is 22.0 Å². The van der Waals surface area contributed by atoms with Gasteiger partial charge in [0.15, 0.2) is 6.10 Å². The van der Waals surface area contributed by atoms with E-state index in [4.69, 9.17) is 4.74 Å². The van der Waals surface area contributed by atoms with Crippen LogP contribution in [0, 0.1) is 12.7 Å². The number of rotatable bonds is 6. The van der Waals surface area contributed by atoms with E-state index in [9.17, 15) is 9.18 Å². The van der Waals surface area contributed by atoms with Crippen LogP contribution in [0.25, 0.3) is 10.6 Å². The van der Waals surface area contributed by atoms with Gasteiger partial charge in [0.05, 0.1) is 12.2 Å². The molecule has 26 heavy (non-hydrogen) atoms. The summed E-state index contributed by atoms with van der Waals surface area (Å²) >= 11 is 1.52. The number of nitrogens with one attached hydrogen (secondary N) is 1. The number of ether oxygens (including phenoxy) is 1. The highest BCUT2D eigenvalue weighted by Crippen LogP contribution is 2.27. The summed E-state index contributed by atoms with van der Waals surface area (Å²) < 4.78 is 18.4. The maximum atomic E-state index is 12.9. The number of carbonyl (C=O) groups excluding carboxylic acids is 1. The molecule has 0 bridgehead atoms. The summed E-state index contributed by atoms with van der Waals surface area (Å²) in [6, 6.07) is 9.38. The summed E-state index contributed by atoms with van der Waals surface area (Å²) in [6.45, 7) is 3.94. The van der Waals surface area contributed by atoms with E-state index in [1.165, 1.54) is 35.6 Å². The number of aryl methyl sites for hydroxylation is 1. The third kappa shape index (κ3) is 4.43. The predicted octanol–water partition coefficient (Wildman–Crippen LogP) is 3.74. The lowest BCUT2D eigenvalue weighted by Crippen LogP contribution is -2.35. The highest BCUT2D eigenvalue weighted by Gasteiger charge is 2.16. The van der Waals surface area contributed by atoms with Gasteiger partial charge >= 0.3 is 0 Å². The van der Waals surface area contributed by atoms with Gasteiger partial charge in [0.25, 0.3) is 5.91 Å². The Bertz CT molecular complexity index is 882. The second kappa shape index (κ2) is 8.05. The Kier molecular flexibility index (Phi) is 5.58. The molecular formula is C19H18FN3O2S. The van der Waals surface area contributed by atoms with Gasteiger partial charge in [0.1, 0.15) is 16.6 Å². The van der Waals surface area contributed by atoms with Gasteiger partial charge in [0.2, 0.25) is 0 Å². The Labute approximate surface area is 154 Å². The van der Waals surface area contributed by atoms with Crippen LogP contribution in [0.3, 0.4) is 0 Å². The van der Waals surface area contributed by atoms with Crippen molar-refractivity contribution in [3.63, 3.8) is 0 Å². The lowest BCUT2D eigenvalue weighted by Gasteiger charge is -2.14. The molecule has 3 rings (SSSR count). The Morgan fingerprint density at radius 2 is 2.08 bits per heavy atom. The minimum absolute atomic E-state index is 0.245.